The Morgan fingerprint density at radius 2 is 2.41 bits per heavy atom. The number of hydrogen-bond acceptors (Lipinski definition) is 5. The van der Waals surface area contributed by atoms with Gasteiger partial charge in [-0.1, -0.05) is 6.07 Å². The normalized spacial score (nSPS) is 12.6. The quantitative estimate of drug-likeness (QED) is 0.764. The smallest absolute Gasteiger partial charge is 0.0635 e. The van der Waals surface area contributed by atoms with Crippen molar-refractivity contribution in [2.75, 3.05) is 33.4 Å². The van der Waals surface area contributed by atoms with Gasteiger partial charge in [0.2, 0.25) is 0 Å². The molecule has 2 N–H and O–H groups in total. The predicted octanol–water partition coefficient (Wildman–Crippen LogP) is 1.61. The van der Waals surface area contributed by atoms with Crippen LogP contribution in [-0.4, -0.2) is 38.3 Å². The molecule has 1 atom stereocenters. The third kappa shape index (κ3) is 4.44. The minimum Gasteiger partial charge on any atom is -0.383 e. The first-order valence-electron chi connectivity index (χ1n) is 5.67. The van der Waals surface area contributed by atoms with Gasteiger partial charge in [-0.05, 0) is 11.4 Å². The van der Waals surface area contributed by atoms with Gasteiger partial charge in [-0.25, -0.2) is 0 Å². The highest BCUT2D eigenvalue weighted by atomic mass is 32.1. The summed E-state index contributed by atoms with van der Waals surface area (Å²) in [5.41, 5.74) is 5.85. The van der Waals surface area contributed by atoms with Crippen LogP contribution < -0.4 is 5.73 Å². The molecule has 5 heteroatoms. The van der Waals surface area contributed by atoms with Crippen molar-refractivity contribution in [3.63, 3.8) is 0 Å². The second-order valence-corrected chi connectivity index (χ2v) is 4.68. The highest BCUT2D eigenvalue weighted by molar-refractivity contribution is 7.10. The molecule has 17 heavy (non-hydrogen) atoms. The van der Waals surface area contributed by atoms with Crippen LogP contribution in [0.2, 0.25) is 0 Å². The number of methoxy groups -OCH3 is 1. The van der Waals surface area contributed by atoms with Crippen LogP contribution in [-0.2, 0) is 4.74 Å². The maximum Gasteiger partial charge on any atom is 0.0635 e. The molecular formula is C12H19N3OS. The molecule has 0 spiro atoms. The van der Waals surface area contributed by atoms with Gasteiger partial charge in [0.15, 0.2) is 0 Å². The van der Waals surface area contributed by atoms with Crippen molar-refractivity contribution in [1.29, 1.82) is 5.26 Å². The summed E-state index contributed by atoms with van der Waals surface area (Å²) in [7, 11) is 1.69. The molecule has 0 aliphatic heterocycles. The fourth-order valence-electron chi connectivity index (χ4n) is 1.75. The predicted molar refractivity (Wildman–Crippen MR) is 69.8 cm³/mol. The molecule has 0 aliphatic carbocycles. The molecule has 94 valence electrons. The number of nitriles is 1. The third-order valence-corrected chi connectivity index (χ3v) is 3.60. The summed E-state index contributed by atoms with van der Waals surface area (Å²) in [6.07, 6.45) is 0.519. The molecule has 0 amide bonds. The molecular weight excluding hydrogens is 234 g/mol. The Morgan fingerprint density at radius 1 is 1.59 bits per heavy atom. The number of rotatable bonds is 8. The highest BCUT2D eigenvalue weighted by Gasteiger charge is 2.19. The summed E-state index contributed by atoms with van der Waals surface area (Å²) in [6.45, 7) is 2.76. The summed E-state index contributed by atoms with van der Waals surface area (Å²) in [5, 5.41) is 10.7. The van der Waals surface area contributed by atoms with Crippen LogP contribution in [0.1, 0.15) is 17.3 Å². The topological polar surface area (TPSA) is 62.3 Å². The molecule has 1 aromatic heterocycles. The lowest BCUT2D eigenvalue weighted by Gasteiger charge is -2.29. The fraction of sp³-hybridized carbons (Fsp3) is 0.583. The summed E-state index contributed by atoms with van der Waals surface area (Å²) >= 11 is 1.71. The largest absolute Gasteiger partial charge is 0.383 e. The monoisotopic (exact) mass is 253 g/mol. The Morgan fingerprint density at radius 3 is 2.94 bits per heavy atom. The maximum absolute atomic E-state index is 8.69. The van der Waals surface area contributed by atoms with Crippen LogP contribution in [0, 0.1) is 11.3 Å². The van der Waals surface area contributed by atoms with E-state index in [9.17, 15) is 0 Å². The molecule has 0 radical (unpaired) electrons. The van der Waals surface area contributed by atoms with E-state index in [0.717, 1.165) is 13.1 Å². The molecule has 1 heterocycles. The lowest BCUT2D eigenvalue weighted by atomic mass is 10.2. The van der Waals surface area contributed by atoms with Crippen molar-refractivity contribution in [1.82, 2.24) is 4.90 Å². The lowest BCUT2D eigenvalue weighted by Crippen LogP contribution is -2.36. The first-order chi connectivity index (χ1) is 8.33. The van der Waals surface area contributed by atoms with Crippen molar-refractivity contribution < 1.29 is 4.74 Å². The van der Waals surface area contributed by atoms with Crippen LogP contribution in [0.3, 0.4) is 0 Å². The van der Waals surface area contributed by atoms with E-state index in [1.54, 1.807) is 18.4 Å². The van der Waals surface area contributed by atoms with Crippen molar-refractivity contribution >= 4 is 11.3 Å². The lowest BCUT2D eigenvalue weighted by molar-refractivity contribution is 0.124. The Kier molecular flexibility index (Phi) is 6.82. The first kappa shape index (κ1) is 14.1. The van der Waals surface area contributed by atoms with Crippen molar-refractivity contribution in [2.45, 2.75) is 12.5 Å². The van der Waals surface area contributed by atoms with Gasteiger partial charge in [-0.15, -0.1) is 11.3 Å². The SMILES string of the molecule is COCCN(CCC#N)C(CN)c1cccs1. The van der Waals surface area contributed by atoms with Crippen LogP contribution >= 0.6 is 11.3 Å². The average molecular weight is 253 g/mol. The zero-order valence-electron chi connectivity index (χ0n) is 10.1. The summed E-state index contributed by atoms with van der Waals surface area (Å²) < 4.78 is 5.10. The van der Waals surface area contributed by atoms with E-state index >= 15 is 0 Å². The van der Waals surface area contributed by atoms with E-state index in [1.165, 1.54) is 4.88 Å². The Bertz CT molecular complexity index is 334. The van der Waals surface area contributed by atoms with Gasteiger partial charge in [0.1, 0.15) is 0 Å². The van der Waals surface area contributed by atoms with E-state index in [2.05, 4.69) is 22.4 Å². The van der Waals surface area contributed by atoms with Gasteiger partial charge >= 0.3 is 0 Å². The van der Waals surface area contributed by atoms with Crippen molar-refractivity contribution in [3.05, 3.63) is 22.4 Å². The standard InChI is InChI=1S/C12H19N3OS/c1-16-8-7-15(6-3-5-13)11(10-14)12-4-2-9-17-12/h2,4,9,11H,3,6-8,10,14H2,1H3. The molecule has 0 saturated heterocycles. The summed E-state index contributed by atoms with van der Waals surface area (Å²) in [5.74, 6) is 0. The van der Waals surface area contributed by atoms with Gasteiger partial charge in [0.05, 0.1) is 18.7 Å². The molecule has 0 fully saturated rings. The Labute approximate surface area is 107 Å². The van der Waals surface area contributed by atoms with Crippen LogP contribution in [0.25, 0.3) is 0 Å². The number of ether oxygens (including phenoxy) is 1. The maximum atomic E-state index is 8.69. The van der Waals surface area contributed by atoms with Crippen LogP contribution in [0.15, 0.2) is 17.5 Å². The summed E-state index contributed by atoms with van der Waals surface area (Å²) in [6, 6.07) is 6.49. The highest BCUT2D eigenvalue weighted by Crippen LogP contribution is 2.24. The number of thiophene rings is 1. The third-order valence-electron chi connectivity index (χ3n) is 2.63. The molecule has 0 aliphatic rings. The second-order valence-electron chi connectivity index (χ2n) is 3.70. The average Bonchev–Trinajstić information content (AvgIpc) is 2.86. The molecule has 4 nitrogen and oxygen atoms in total. The number of nitrogens with zero attached hydrogens (tertiary/aromatic N) is 2. The van der Waals surface area contributed by atoms with E-state index in [0.29, 0.717) is 19.6 Å². The number of nitrogens with two attached hydrogens (primary N) is 1. The second kappa shape index (κ2) is 8.20. The summed E-state index contributed by atoms with van der Waals surface area (Å²) in [4.78, 5) is 3.47. The molecule has 0 bridgehead atoms. The zero-order valence-corrected chi connectivity index (χ0v) is 10.9. The molecule has 0 aromatic carbocycles. The van der Waals surface area contributed by atoms with E-state index in [4.69, 9.17) is 15.7 Å². The molecule has 0 saturated carbocycles. The Balaban J connectivity index is 2.67. The van der Waals surface area contributed by atoms with E-state index in [-0.39, 0.29) is 6.04 Å². The molecule has 1 rings (SSSR count). The van der Waals surface area contributed by atoms with Gasteiger partial charge < -0.3 is 10.5 Å². The zero-order chi connectivity index (χ0) is 12.5. The minimum absolute atomic E-state index is 0.193. The Hall–Kier alpha value is -0.930. The number of hydrogen-bond donors (Lipinski definition) is 1. The molecule has 1 aromatic rings. The molecule has 1 unspecified atom stereocenters. The van der Waals surface area contributed by atoms with E-state index < -0.39 is 0 Å². The van der Waals surface area contributed by atoms with E-state index in [1.807, 2.05) is 6.07 Å². The van der Waals surface area contributed by atoms with Gasteiger partial charge in [-0.2, -0.15) is 5.26 Å². The van der Waals surface area contributed by atoms with Gasteiger partial charge in [0, 0.05) is 38.0 Å². The van der Waals surface area contributed by atoms with Crippen molar-refractivity contribution in [3.8, 4) is 6.07 Å². The van der Waals surface area contributed by atoms with Crippen molar-refractivity contribution in [2.24, 2.45) is 5.73 Å². The van der Waals surface area contributed by atoms with Crippen LogP contribution in [0.5, 0.6) is 0 Å². The van der Waals surface area contributed by atoms with Gasteiger partial charge in [0.25, 0.3) is 0 Å². The fourth-order valence-corrected chi connectivity index (χ4v) is 2.63. The van der Waals surface area contributed by atoms with Gasteiger partial charge in [-0.3, -0.25) is 4.90 Å². The first-order valence-corrected chi connectivity index (χ1v) is 6.54. The van der Waals surface area contributed by atoms with Crippen LogP contribution in [0.4, 0.5) is 0 Å². The minimum atomic E-state index is 0.193.